The average Bonchev–Trinajstić information content (AvgIpc) is 2.52. The molecule has 0 aromatic heterocycles. The first-order valence-corrected chi connectivity index (χ1v) is 9.25. The predicted molar refractivity (Wildman–Crippen MR) is 91.0 cm³/mol. The van der Waals surface area contributed by atoms with E-state index in [0.717, 1.165) is 17.9 Å². The fourth-order valence-corrected chi connectivity index (χ4v) is 3.28. The topological polar surface area (TPSA) is 75.3 Å². The largest absolute Gasteiger partial charge is 0.375 e. The minimum Gasteiger partial charge on any atom is -0.375 e. The Morgan fingerprint density at radius 2 is 1.79 bits per heavy atom. The lowest BCUT2D eigenvalue weighted by Crippen LogP contribution is -2.32. The van der Waals surface area contributed by atoms with Gasteiger partial charge in [-0.05, 0) is 24.6 Å². The van der Waals surface area contributed by atoms with Crippen molar-refractivity contribution in [1.29, 1.82) is 0 Å². The molecule has 2 rings (SSSR count). The van der Waals surface area contributed by atoms with Crippen LogP contribution in [0.1, 0.15) is 18.5 Å². The van der Waals surface area contributed by atoms with E-state index in [9.17, 15) is 17.6 Å². The number of hydrogen-bond acceptors (Lipinski definition) is 4. The van der Waals surface area contributed by atoms with Gasteiger partial charge < -0.3 is 10.6 Å². The number of carbonyl (C=O) groups excluding carboxylic acids is 1. The molecule has 2 aromatic rings. The molecule has 0 aliphatic rings. The molecule has 0 saturated heterocycles. The quantitative estimate of drug-likeness (QED) is 0.839. The van der Waals surface area contributed by atoms with Crippen molar-refractivity contribution in [2.75, 3.05) is 18.1 Å². The highest BCUT2D eigenvalue weighted by Crippen LogP contribution is 2.24. The Morgan fingerprint density at radius 1 is 1.12 bits per heavy atom. The van der Waals surface area contributed by atoms with Crippen molar-refractivity contribution in [1.82, 2.24) is 5.32 Å². The SMILES string of the molecule is CC(NC(=O)CNc1cccc(F)c1S(C)(=O)=O)c1ccccc1. The number of benzene rings is 2. The minimum atomic E-state index is -3.75. The van der Waals surface area contributed by atoms with Gasteiger partial charge in [0.15, 0.2) is 9.84 Å². The molecule has 2 aromatic carbocycles. The second kappa shape index (κ2) is 7.44. The second-order valence-electron chi connectivity index (χ2n) is 5.44. The molecule has 128 valence electrons. The summed E-state index contributed by atoms with van der Waals surface area (Å²) in [6.07, 6.45) is 0.925. The lowest BCUT2D eigenvalue weighted by atomic mass is 10.1. The molecule has 1 atom stereocenters. The standard InChI is InChI=1S/C17H19FN2O3S/c1-12(13-7-4-3-5-8-13)20-16(21)11-19-15-10-6-9-14(18)17(15)24(2,22)23/h3-10,12,19H,11H2,1-2H3,(H,20,21). The Balaban J connectivity index is 2.04. The van der Waals surface area contributed by atoms with E-state index in [1.165, 1.54) is 12.1 Å². The fourth-order valence-electron chi connectivity index (χ4n) is 2.32. The number of nitrogens with one attached hydrogen (secondary N) is 2. The first-order chi connectivity index (χ1) is 11.3. The van der Waals surface area contributed by atoms with Crippen LogP contribution in [0.3, 0.4) is 0 Å². The average molecular weight is 350 g/mol. The summed E-state index contributed by atoms with van der Waals surface area (Å²) in [5, 5.41) is 5.48. The summed E-state index contributed by atoms with van der Waals surface area (Å²) in [6.45, 7) is 1.68. The van der Waals surface area contributed by atoms with E-state index >= 15 is 0 Å². The van der Waals surface area contributed by atoms with E-state index in [1.54, 1.807) is 0 Å². The summed E-state index contributed by atoms with van der Waals surface area (Å²) in [5.74, 6) is -1.17. The van der Waals surface area contributed by atoms with Crippen molar-refractivity contribution in [2.24, 2.45) is 0 Å². The van der Waals surface area contributed by atoms with Crippen LogP contribution >= 0.6 is 0 Å². The van der Waals surface area contributed by atoms with Gasteiger partial charge in [-0.25, -0.2) is 12.8 Å². The minimum absolute atomic E-state index is 0.0695. The predicted octanol–water partition coefficient (Wildman–Crippen LogP) is 2.52. The first kappa shape index (κ1) is 17.9. The molecule has 1 amide bonds. The molecule has 0 radical (unpaired) electrons. The van der Waals surface area contributed by atoms with E-state index in [1.807, 2.05) is 37.3 Å². The maximum Gasteiger partial charge on any atom is 0.239 e. The van der Waals surface area contributed by atoms with Gasteiger partial charge in [0.05, 0.1) is 18.3 Å². The molecule has 5 nitrogen and oxygen atoms in total. The third-order valence-electron chi connectivity index (χ3n) is 3.45. The maximum atomic E-state index is 13.8. The summed E-state index contributed by atoms with van der Waals surface area (Å²) in [6, 6.07) is 13.1. The highest BCUT2D eigenvalue weighted by Gasteiger charge is 2.19. The summed E-state index contributed by atoms with van der Waals surface area (Å²) in [4.78, 5) is 11.6. The molecule has 0 aliphatic heterocycles. The Morgan fingerprint density at radius 3 is 2.42 bits per heavy atom. The lowest BCUT2D eigenvalue weighted by molar-refractivity contribution is -0.120. The number of halogens is 1. The molecule has 0 aliphatic carbocycles. The van der Waals surface area contributed by atoms with Crippen LogP contribution in [-0.2, 0) is 14.6 Å². The fraction of sp³-hybridized carbons (Fsp3) is 0.235. The van der Waals surface area contributed by atoms with Crippen LogP contribution in [-0.4, -0.2) is 27.1 Å². The maximum absolute atomic E-state index is 13.8. The van der Waals surface area contributed by atoms with Gasteiger partial charge in [0, 0.05) is 6.26 Å². The van der Waals surface area contributed by atoms with Crippen molar-refractivity contribution in [3.05, 3.63) is 59.9 Å². The van der Waals surface area contributed by atoms with Crippen LogP contribution in [0.25, 0.3) is 0 Å². The number of hydrogen-bond donors (Lipinski definition) is 2. The zero-order valence-electron chi connectivity index (χ0n) is 13.4. The second-order valence-corrected chi connectivity index (χ2v) is 7.39. The summed E-state index contributed by atoms with van der Waals surface area (Å²) >= 11 is 0. The molecule has 0 spiro atoms. The van der Waals surface area contributed by atoms with Gasteiger partial charge in [0.2, 0.25) is 5.91 Å². The number of anilines is 1. The van der Waals surface area contributed by atoms with Gasteiger partial charge in [-0.15, -0.1) is 0 Å². The van der Waals surface area contributed by atoms with Gasteiger partial charge in [-0.3, -0.25) is 4.79 Å². The third-order valence-corrected chi connectivity index (χ3v) is 4.61. The molecular weight excluding hydrogens is 331 g/mol. The van der Waals surface area contributed by atoms with Crippen molar-refractivity contribution < 1.29 is 17.6 Å². The molecule has 1 unspecified atom stereocenters. The monoisotopic (exact) mass is 350 g/mol. The van der Waals surface area contributed by atoms with E-state index in [0.29, 0.717) is 0 Å². The van der Waals surface area contributed by atoms with Crippen molar-refractivity contribution >= 4 is 21.4 Å². The Kier molecular flexibility index (Phi) is 5.56. The van der Waals surface area contributed by atoms with Gasteiger partial charge in [0.25, 0.3) is 0 Å². The Bertz CT molecular complexity index is 823. The normalized spacial score (nSPS) is 12.5. The molecule has 0 saturated carbocycles. The number of sulfone groups is 1. The van der Waals surface area contributed by atoms with Crippen LogP contribution in [0, 0.1) is 5.82 Å². The Hall–Kier alpha value is -2.41. The molecule has 0 bridgehead atoms. The molecule has 2 N–H and O–H groups in total. The lowest BCUT2D eigenvalue weighted by Gasteiger charge is -2.16. The van der Waals surface area contributed by atoms with Crippen LogP contribution in [0.4, 0.5) is 10.1 Å². The van der Waals surface area contributed by atoms with Crippen molar-refractivity contribution in [2.45, 2.75) is 17.9 Å². The summed E-state index contributed by atoms with van der Waals surface area (Å²) < 4.78 is 37.2. The smallest absolute Gasteiger partial charge is 0.239 e. The molecular formula is C17H19FN2O3S. The summed E-state index contributed by atoms with van der Waals surface area (Å²) in [7, 11) is -3.75. The zero-order chi connectivity index (χ0) is 17.7. The zero-order valence-corrected chi connectivity index (χ0v) is 14.2. The van der Waals surface area contributed by atoms with Crippen molar-refractivity contribution in [3.63, 3.8) is 0 Å². The first-order valence-electron chi connectivity index (χ1n) is 7.36. The van der Waals surface area contributed by atoms with E-state index in [-0.39, 0.29) is 24.2 Å². The number of rotatable bonds is 6. The summed E-state index contributed by atoms with van der Waals surface area (Å²) in [5.41, 5.74) is 1.02. The van der Waals surface area contributed by atoms with Crippen molar-refractivity contribution in [3.8, 4) is 0 Å². The number of amides is 1. The van der Waals surface area contributed by atoms with Crippen LogP contribution in [0.5, 0.6) is 0 Å². The Labute approximate surface area is 140 Å². The highest BCUT2D eigenvalue weighted by atomic mass is 32.2. The van der Waals surface area contributed by atoms with Crippen LogP contribution < -0.4 is 10.6 Å². The molecule has 24 heavy (non-hydrogen) atoms. The van der Waals surface area contributed by atoms with E-state index in [4.69, 9.17) is 0 Å². The van der Waals surface area contributed by atoms with Gasteiger partial charge in [-0.1, -0.05) is 36.4 Å². The van der Waals surface area contributed by atoms with Gasteiger partial charge in [-0.2, -0.15) is 0 Å². The highest BCUT2D eigenvalue weighted by molar-refractivity contribution is 7.90. The molecule has 0 heterocycles. The third kappa shape index (κ3) is 4.55. The molecule has 0 fully saturated rings. The van der Waals surface area contributed by atoms with E-state index in [2.05, 4.69) is 10.6 Å². The van der Waals surface area contributed by atoms with E-state index < -0.39 is 20.5 Å². The van der Waals surface area contributed by atoms with Crippen LogP contribution in [0.2, 0.25) is 0 Å². The number of carbonyl (C=O) groups is 1. The van der Waals surface area contributed by atoms with Gasteiger partial charge >= 0.3 is 0 Å². The molecule has 7 heteroatoms. The van der Waals surface area contributed by atoms with Gasteiger partial charge in [0.1, 0.15) is 10.7 Å². The van der Waals surface area contributed by atoms with Crippen LogP contribution in [0.15, 0.2) is 53.4 Å².